The topological polar surface area (TPSA) is 76.6 Å². The van der Waals surface area contributed by atoms with Gasteiger partial charge in [-0.25, -0.2) is 4.98 Å². The minimum absolute atomic E-state index is 0.0397. The van der Waals surface area contributed by atoms with Crippen LogP contribution in [0.15, 0.2) is 18.2 Å². The number of carbonyl (C=O) groups excluding carboxylic acids is 1. The number of amides is 1. The maximum atomic E-state index is 12.5. The van der Waals surface area contributed by atoms with Crippen molar-refractivity contribution in [1.29, 1.82) is 0 Å². The first-order valence-corrected chi connectivity index (χ1v) is 10.1. The maximum Gasteiger partial charge on any atom is 0.227 e. The molecule has 0 spiro atoms. The average Bonchev–Trinajstić information content (AvgIpc) is 2.95. The molecule has 7 heteroatoms. The molecule has 7 nitrogen and oxygen atoms in total. The van der Waals surface area contributed by atoms with Gasteiger partial charge in [0.1, 0.15) is 0 Å². The fourth-order valence-corrected chi connectivity index (χ4v) is 3.57. The predicted octanol–water partition coefficient (Wildman–Crippen LogP) is 2.74. The van der Waals surface area contributed by atoms with Crippen molar-refractivity contribution in [3.05, 3.63) is 18.2 Å². The van der Waals surface area contributed by atoms with Gasteiger partial charge in [0.15, 0.2) is 0 Å². The molecule has 2 heterocycles. The number of nitrogens with two attached hydrogens (primary N) is 1. The Bertz CT molecular complexity index is 818. The molecule has 3 rings (SSSR count). The summed E-state index contributed by atoms with van der Waals surface area (Å²) in [6, 6.07) is 5.94. The zero-order valence-corrected chi connectivity index (χ0v) is 17.6. The van der Waals surface area contributed by atoms with E-state index in [0.717, 1.165) is 62.5 Å². The first kappa shape index (κ1) is 20.6. The van der Waals surface area contributed by atoms with Gasteiger partial charge in [-0.1, -0.05) is 20.8 Å². The van der Waals surface area contributed by atoms with Crippen LogP contribution in [0.2, 0.25) is 0 Å². The van der Waals surface area contributed by atoms with Crippen LogP contribution in [-0.2, 0) is 16.1 Å². The highest BCUT2D eigenvalue weighted by atomic mass is 16.5. The number of hydrogen-bond donors (Lipinski definition) is 1. The van der Waals surface area contributed by atoms with Gasteiger partial charge in [0.05, 0.1) is 24.2 Å². The molecule has 1 aliphatic rings. The molecule has 0 aliphatic carbocycles. The number of nitrogens with zero attached hydrogens (tertiary/aromatic N) is 4. The molecule has 1 aromatic carbocycles. The van der Waals surface area contributed by atoms with Crippen molar-refractivity contribution in [2.45, 2.75) is 40.2 Å². The van der Waals surface area contributed by atoms with Gasteiger partial charge in [-0.3, -0.25) is 9.69 Å². The van der Waals surface area contributed by atoms with E-state index in [1.165, 1.54) is 0 Å². The second kappa shape index (κ2) is 8.49. The number of rotatable bonds is 6. The van der Waals surface area contributed by atoms with Crippen molar-refractivity contribution in [2.24, 2.45) is 5.41 Å². The number of hydrogen-bond acceptors (Lipinski definition) is 5. The Kier molecular flexibility index (Phi) is 6.25. The van der Waals surface area contributed by atoms with Gasteiger partial charge in [-0.2, -0.15) is 0 Å². The largest absolute Gasteiger partial charge is 0.379 e. The molecule has 1 saturated heterocycles. The number of nitrogen functional groups attached to an aromatic ring is 1. The van der Waals surface area contributed by atoms with Crippen LogP contribution in [-0.4, -0.2) is 60.3 Å². The van der Waals surface area contributed by atoms with E-state index in [2.05, 4.69) is 35.2 Å². The lowest BCUT2D eigenvalue weighted by molar-refractivity contribution is -0.120. The number of anilines is 2. The van der Waals surface area contributed by atoms with E-state index >= 15 is 0 Å². The third-order valence-electron chi connectivity index (χ3n) is 5.16. The Hall–Kier alpha value is -2.12. The summed E-state index contributed by atoms with van der Waals surface area (Å²) < 4.78 is 7.46. The lowest BCUT2D eigenvalue weighted by Gasteiger charge is -2.26. The quantitative estimate of drug-likeness (QED) is 0.825. The number of aromatic nitrogens is 2. The monoisotopic (exact) mass is 387 g/mol. The molecule has 0 unspecified atom stereocenters. The molecular weight excluding hydrogens is 354 g/mol. The van der Waals surface area contributed by atoms with Crippen LogP contribution in [0, 0.1) is 5.41 Å². The van der Waals surface area contributed by atoms with E-state index in [-0.39, 0.29) is 11.3 Å². The summed E-state index contributed by atoms with van der Waals surface area (Å²) in [5.41, 5.74) is 8.83. The molecule has 1 aliphatic heterocycles. The lowest BCUT2D eigenvalue weighted by Crippen LogP contribution is -2.37. The number of carbonyl (C=O) groups is 1. The molecule has 2 N–H and O–H groups in total. The molecule has 154 valence electrons. The predicted molar refractivity (Wildman–Crippen MR) is 114 cm³/mol. The molecule has 1 fully saturated rings. The highest BCUT2D eigenvalue weighted by Gasteiger charge is 2.20. The zero-order chi connectivity index (χ0) is 20.3. The van der Waals surface area contributed by atoms with Crippen molar-refractivity contribution in [2.75, 3.05) is 50.5 Å². The molecule has 0 bridgehead atoms. The van der Waals surface area contributed by atoms with E-state index in [0.29, 0.717) is 12.4 Å². The molecule has 0 radical (unpaired) electrons. The molecule has 0 atom stereocenters. The van der Waals surface area contributed by atoms with Crippen molar-refractivity contribution in [3.63, 3.8) is 0 Å². The molecular formula is C21H33N5O2. The summed E-state index contributed by atoms with van der Waals surface area (Å²) in [6.45, 7) is 11.7. The maximum absolute atomic E-state index is 12.5. The number of fused-ring (bicyclic) bond motifs is 1. The number of benzene rings is 1. The Balaban J connectivity index is 1.69. The molecule has 2 aromatic rings. The van der Waals surface area contributed by atoms with Gasteiger partial charge in [0.25, 0.3) is 0 Å². The Morgan fingerprint density at radius 2 is 1.96 bits per heavy atom. The summed E-state index contributed by atoms with van der Waals surface area (Å²) in [6.07, 6.45) is 1.51. The SMILES string of the molecule is CN(C(=O)CC(C)(C)C)c1ccc2c(c1)nc(N)n2CCCN1CCOCC1. The molecule has 1 amide bonds. The van der Waals surface area contributed by atoms with Crippen LogP contribution in [0.5, 0.6) is 0 Å². The second-order valence-corrected chi connectivity index (χ2v) is 8.79. The first-order chi connectivity index (χ1) is 13.2. The highest BCUT2D eigenvalue weighted by molar-refractivity contribution is 5.95. The number of ether oxygens (including phenoxy) is 1. The van der Waals surface area contributed by atoms with Crippen molar-refractivity contribution < 1.29 is 9.53 Å². The minimum Gasteiger partial charge on any atom is -0.379 e. The zero-order valence-electron chi connectivity index (χ0n) is 17.6. The Morgan fingerprint density at radius 1 is 1.25 bits per heavy atom. The Morgan fingerprint density at radius 3 is 2.64 bits per heavy atom. The summed E-state index contributed by atoms with van der Waals surface area (Å²) in [7, 11) is 1.82. The summed E-state index contributed by atoms with van der Waals surface area (Å²) in [4.78, 5) is 21.2. The molecule has 0 saturated carbocycles. The fourth-order valence-electron chi connectivity index (χ4n) is 3.57. The van der Waals surface area contributed by atoms with Crippen LogP contribution in [0.1, 0.15) is 33.6 Å². The van der Waals surface area contributed by atoms with Crippen molar-refractivity contribution >= 4 is 28.6 Å². The minimum atomic E-state index is -0.0397. The third-order valence-corrected chi connectivity index (χ3v) is 5.16. The van der Waals surface area contributed by atoms with Crippen LogP contribution >= 0.6 is 0 Å². The van der Waals surface area contributed by atoms with Crippen LogP contribution in [0.4, 0.5) is 11.6 Å². The van der Waals surface area contributed by atoms with Crippen LogP contribution in [0.25, 0.3) is 11.0 Å². The lowest BCUT2D eigenvalue weighted by atomic mass is 9.91. The molecule has 1 aromatic heterocycles. The van der Waals surface area contributed by atoms with E-state index in [1.807, 2.05) is 25.2 Å². The van der Waals surface area contributed by atoms with Gasteiger partial charge < -0.3 is 19.9 Å². The normalized spacial score (nSPS) is 15.9. The van der Waals surface area contributed by atoms with Crippen molar-refractivity contribution in [3.8, 4) is 0 Å². The summed E-state index contributed by atoms with van der Waals surface area (Å²) in [5, 5.41) is 0. The number of aryl methyl sites for hydroxylation is 1. The van der Waals surface area contributed by atoms with Crippen LogP contribution < -0.4 is 10.6 Å². The fraction of sp³-hybridized carbons (Fsp3) is 0.619. The highest BCUT2D eigenvalue weighted by Crippen LogP contribution is 2.26. The van der Waals surface area contributed by atoms with E-state index in [9.17, 15) is 4.79 Å². The molecule has 28 heavy (non-hydrogen) atoms. The van der Waals surface area contributed by atoms with Crippen molar-refractivity contribution in [1.82, 2.24) is 14.5 Å². The summed E-state index contributed by atoms with van der Waals surface area (Å²) in [5.74, 6) is 0.627. The van der Waals surface area contributed by atoms with Crippen LogP contribution in [0.3, 0.4) is 0 Å². The van der Waals surface area contributed by atoms with Gasteiger partial charge in [0, 0.05) is 45.3 Å². The van der Waals surface area contributed by atoms with Gasteiger partial charge in [-0.15, -0.1) is 0 Å². The third kappa shape index (κ3) is 5.02. The average molecular weight is 388 g/mol. The summed E-state index contributed by atoms with van der Waals surface area (Å²) >= 11 is 0. The standard InChI is InChI=1S/C21H33N5O2/c1-21(2,3)15-19(27)24(4)16-6-7-18-17(14-16)23-20(22)26(18)9-5-8-25-10-12-28-13-11-25/h6-7,14H,5,8-13,15H2,1-4H3,(H2,22,23). The number of imidazole rings is 1. The van der Waals surface area contributed by atoms with E-state index < -0.39 is 0 Å². The van der Waals surface area contributed by atoms with E-state index in [1.54, 1.807) is 4.90 Å². The van der Waals surface area contributed by atoms with E-state index in [4.69, 9.17) is 10.5 Å². The van der Waals surface area contributed by atoms with Gasteiger partial charge in [0.2, 0.25) is 11.9 Å². The Labute approximate surface area is 167 Å². The van der Waals surface area contributed by atoms with Gasteiger partial charge in [-0.05, 0) is 30.0 Å². The first-order valence-electron chi connectivity index (χ1n) is 10.1. The van der Waals surface area contributed by atoms with Gasteiger partial charge >= 0.3 is 0 Å². The second-order valence-electron chi connectivity index (χ2n) is 8.79. The number of morpholine rings is 1. The smallest absolute Gasteiger partial charge is 0.227 e.